The molecule has 0 saturated carbocycles. The molecule has 0 aliphatic heterocycles. The molecular formula is C12H9Cl2FN2O2S. The smallest absolute Gasteiger partial charge is 0.262 e. The molecule has 1 heterocycles. The van der Waals surface area contributed by atoms with Crippen molar-refractivity contribution in [1.82, 2.24) is 4.98 Å². The van der Waals surface area contributed by atoms with Gasteiger partial charge in [0.05, 0.1) is 15.6 Å². The van der Waals surface area contributed by atoms with Crippen LogP contribution in [0.3, 0.4) is 0 Å². The van der Waals surface area contributed by atoms with Crippen molar-refractivity contribution in [2.75, 3.05) is 4.72 Å². The molecule has 1 N–H and O–H groups in total. The molecule has 2 rings (SSSR count). The first kappa shape index (κ1) is 15.0. The van der Waals surface area contributed by atoms with Gasteiger partial charge in [-0.3, -0.25) is 4.72 Å². The van der Waals surface area contributed by atoms with Gasteiger partial charge in [-0.1, -0.05) is 23.2 Å². The summed E-state index contributed by atoms with van der Waals surface area (Å²) in [4.78, 5) is 3.64. The SMILES string of the molecule is Cc1ccnc(Cl)c1NS(=O)(=O)c1ccc(F)c(Cl)c1. The van der Waals surface area contributed by atoms with Gasteiger partial charge in [0, 0.05) is 6.20 Å². The van der Waals surface area contributed by atoms with Gasteiger partial charge < -0.3 is 0 Å². The van der Waals surface area contributed by atoms with Crippen molar-refractivity contribution >= 4 is 38.9 Å². The van der Waals surface area contributed by atoms with Crippen LogP contribution >= 0.6 is 23.2 Å². The highest BCUT2D eigenvalue weighted by atomic mass is 35.5. The molecule has 0 bridgehead atoms. The molecular weight excluding hydrogens is 326 g/mol. The summed E-state index contributed by atoms with van der Waals surface area (Å²) in [6.07, 6.45) is 1.46. The maximum Gasteiger partial charge on any atom is 0.262 e. The number of rotatable bonds is 3. The average Bonchev–Trinajstić information content (AvgIpc) is 2.37. The Kier molecular flexibility index (Phi) is 4.17. The van der Waals surface area contributed by atoms with Crippen LogP contribution in [0.15, 0.2) is 35.4 Å². The minimum absolute atomic E-state index is 0.0294. The van der Waals surface area contributed by atoms with Gasteiger partial charge in [0.15, 0.2) is 5.15 Å². The van der Waals surface area contributed by atoms with Crippen LogP contribution in [-0.4, -0.2) is 13.4 Å². The second-order valence-electron chi connectivity index (χ2n) is 3.98. The van der Waals surface area contributed by atoms with Crippen molar-refractivity contribution in [2.24, 2.45) is 0 Å². The fourth-order valence-corrected chi connectivity index (χ4v) is 3.20. The highest BCUT2D eigenvalue weighted by Crippen LogP contribution is 2.27. The standard InChI is InChI=1S/C12H9Cl2FN2O2S/c1-7-4-5-16-12(14)11(7)17-20(18,19)8-2-3-10(15)9(13)6-8/h2-6,17H,1H3. The minimum Gasteiger partial charge on any atom is -0.276 e. The first-order chi connectivity index (χ1) is 9.31. The zero-order valence-electron chi connectivity index (χ0n) is 10.2. The minimum atomic E-state index is -3.92. The maximum atomic E-state index is 13.1. The maximum absolute atomic E-state index is 13.1. The van der Waals surface area contributed by atoms with E-state index in [2.05, 4.69) is 9.71 Å². The van der Waals surface area contributed by atoms with E-state index in [9.17, 15) is 12.8 Å². The topological polar surface area (TPSA) is 59.1 Å². The van der Waals surface area contributed by atoms with E-state index in [-0.39, 0.29) is 20.8 Å². The van der Waals surface area contributed by atoms with Crippen LogP contribution in [-0.2, 0) is 10.0 Å². The molecule has 0 unspecified atom stereocenters. The van der Waals surface area contributed by atoms with Gasteiger partial charge in [0.2, 0.25) is 0 Å². The third kappa shape index (κ3) is 3.03. The monoisotopic (exact) mass is 334 g/mol. The van der Waals surface area contributed by atoms with E-state index in [1.54, 1.807) is 13.0 Å². The Morgan fingerprint density at radius 2 is 1.95 bits per heavy atom. The summed E-state index contributed by atoms with van der Waals surface area (Å²) >= 11 is 11.4. The molecule has 0 spiro atoms. The molecule has 0 saturated heterocycles. The molecule has 1 aromatic heterocycles. The fourth-order valence-electron chi connectivity index (χ4n) is 1.48. The van der Waals surface area contributed by atoms with Crippen molar-refractivity contribution in [3.8, 4) is 0 Å². The van der Waals surface area contributed by atoms with E-state index < -0.39 is 15.8 Å². The number of aryl methyl sites for hydroxylation is 1. The van der Waals surface area contributed by atoms with E-state index >= 15 is 0 Å². The number of nitrogens with zero attached hydrogens (tertiary/aromatic N) is 1. The van der Waals surface area contributed by atoms with Crippen molar-refractivity contribution < 1.29 is 12.8 Å². The van der Waals surface area contributed by atoms with Crippen LogP contribution < -0.4 is 4.72 Å². The summed E-state index contributed by atoms with van der Waals surface area (Å²) in [5, 5.41) is -0.247. The zero-order chi connectivity index (χ0) is 14.9. The lowest BCUT2D eigenvalue weighted by atomic mass is 10.3. The van der Waals surface area contributed by atoms with E-state index in [0.717, 1.165) is 18.2 Å². The molecule has 2 aromatic rings. The summed E-state index contributed by atoms with van der Waals surface area (Å²) in [6, 6.07) is 4.73. The van der Waals surface area contributed by atoms with E-state index in [0.29, 0.717) is 5.56 Å². The number of hydrogen-bond acceptors (Lipinski definition) is 3. The van der Waals surface area contributed by atoms with Crippen LogP contribution in [0.5, 0.6) is 0 Å². The number of hydrogen-bond donors (Lipinski definition) is 1. The predicted octanol–water partition coefficient (Wildman–Crippen LogP) is 3.64. The summed E-state index contributed by atoms with van der Waals surface area (Å²) < 4.78 is 39.8. The lowest BCUT2D eigenvalue weighted by molar-refractivity contribution is 0.599. The summed E-state index contributed by atoms with van der Waals surface area (Å²) in [7, 11) is -3.92. The number of halogens is 3. The van der Waals surface area contributed by atoms with E-state index in [1.165, 1.54) is 6.20 Å². The normalized spacial score (nSPS) is 11.4. The predicted molar refractivity (Wildman–Crippen MR) is 76.2 cm³/mol. The van der Waals surface area contributed by atoms with Gasteiger partial charge in [0.1, 0.15) is 5.82 Å². The molecule has 0 amide bonds. The number of pyridine rings is 1. The summed E-state index contributed by atoms with van der Waals surface area (Å²) in [5.74, 6) is -0.693. The second-order valence-corrected chi connectivity index (χ2v) is 6.42. The van der Waals surface area contributed by atoms with Gasteiger partial charge in [-0.2, -0.15) is 0 Å². The lowest BCUT2D eigenvalue weighted by Gasteiger charge is -2.11. The Hall–Kier alpha value is -1.37. The average molecular weight is 335 g/mol. The van der Waals surface area contributed by atoms with Crippen LogP contribution in [0.1, 0.15) is 5.56 Å². The molecule has 106 valence electrons. The van der Waals surface area contributed by atoms with Crippen LogP contribution in [0, 0.1) is 12.7 Å². The highest BCUT2D eigenvalue weighted by molar-refractivity contribution is 7.92. The molecule has 1 aromatic carbocycles. The molecule has 4 nitrogen and oxygen atoms in total. The third-order valence-electron chi connectivity index (χ3n) is 2.55. The Bertz CT molecular complexity index is 746. The Morgan fingerprint density at radius 3 is 2.55 bits per heavy atom. The third-order valence-corrected chi connectivity index (χ3v) is 4.47. The van der Waals surface area contributed by atoms with E-state index in [1.807, 2.05) is 0 Å². The number of aromatic nitrogens is 1. The largest absolute Gasteiger partial charge is 0.276 e. The second kappa shape index (κ2) is 5.55. The molecule has 20 heavy (non-hydrogen) atoms. The zero-order valence-corrected chi connectivity index (χ0v) is 12.5. The van der Waals surface area contributed by atoms with Gasteiger partial charge in [-0.25, -0.2) is 17.8 Å². The molecule has 0 atom stereocenters. The van der Waals surface area contributed by atoms with Gasteiger partial charge in [-0.05, 0) is 36.8 Å². The number of benzene rings is 1. The van der Waals surface area contributed by atoms with Crippen molar-refractivity contribution in [3.63, 3.8) is 0 Å². The van der Waals surface area contributed by atoms with Crippen molar-refractivity contribution in [2.45, 2.75) is 11.8 Å². The molecule has 0 fully saturated rings. The Morgan fingerprint density at radius 1 is 1.25 bits per heavy atom. The lowest BCUT2D eigenvalue weighted by Crippen LogP contribution is -2.14. The first-order valence-corrected chi connectivity index (χ1v) is 7.64. The van der Waals surface area contributed by atoms with Crippen molar-refractivity contribution in [1.29, 1.82) is 0 Å². The highest BCUT2D eigenvalue weighted by Gasteiger charge is 2.18. The Balaban J connectivity index is 2.43. The number of anilines is 1. The van der Waals surface area contributed by atoms with Gasteiger partial charge in [0.25, 0.3) is 10.0 Å². The van der Waals surface area contributed by atoms with Gasteiger partial charge >= 0.3 is 0 Å². The Labute approximate surface area is 125 Å². The van der Waals surface area contributed by atoms with Crippen molar-refractivity contribution in [3.05, 3.63) is 52.0 Å². The van der Waals surface area contributed by atoms with Crippen LogP contribution in [0.4, 0.5) is 10.1 Å². The quantitative estimate of drug-likeness (QED) is 0.872. The molecule has 0 aliphatic rings. The fraction of sp³-hybridized carbons (Fsp3) is 0.0833. The number of nitrogens with one attached hydrogen (secondary N) is 1. The van der Waals surface area contributed by atoms with Gasteiger partial charge in [-0.15, -0.1) is 0 Å². The van der Waals surface area contributed by atoms with E-state index in [4.69, 9.17) is 23.2 Å². The van der Waals surface area contributed by atoms with Crippen LogP contribution in [0.2, 0.25) is 10.2 Å². The summed E-state index contributed by atoms with van der Waals surface area (Å²) in [5.41, 5.74) is 0.788. The number of sulfonamides is 1. The molecule has 0 aliphatic carbocycles. The molecule has 8 heteroatoms. The summed E-state index contributed by atoms with van der Waals surface area (Å²) in [6.45, 7) is 1.68. The van der Waals surface area contributed by atoms with Crippen LogP contribution in [0.25, 0.3) is 0 Å². The molecule has 0 radical (unpaired) electrons. The first-order valence-electron chi connectivity index (χ1n) is 5.40.